The van der Waals surface area contributed by atoms with Crippen molar-refractivity contribution in [3.8, 4) is 11.3 Å². The third-order valence-electron chi connectivity index (χ3n) is 5.49. The van der Waals surface area contributed by atoms with E-state index in [9.17, 15) is 4.79 Å². The summed E-state index contributed by atoms with van der Waals surface area (Å²) in [4.78, 5) is 14.4. The van der Waals surface area contributed by atoms with Gasteiger partial charge in [-0.05, 0) is 48.6 Å². The molecule has 2 N–H and O–H groups in total. The fourth-order valence-corrected chi connectivity index (χ4v) is 3.56. The zero-order chi connectivity index (χ0) is 20.8. The van der Waals surface area contributed by atoms with Crippen LogP contribution < -0.4 is 15.5 Å². The first-order valence-electron chi connectivity index (χ1n) is 10.5. The van der Waals surface area contributed by atoms with E-state index in [2.05, 4.69) is 32.7 Å². The molecule has 1 aliphatic rings. The Hall–Kier alpha value is -3.41. The lowest BCUT2D eigenvalue weighted by Gasteiger charge is -2.30. The van der Waals surface area contributed by atoms with Crippen molar-refractivity contribution in [2.75, 3.05) is 23.3 Å². The van der Waals surface area contributed by atoms with Gasteiger partial charge in [0.2, 0.25) is 0 Å². The van der Waals surface area contributed by atoms with E-state index in [1.165, 1.54) is 12.8 Å². The molecule has 0 bridgehead atoms. The second-order valence-corrected chi connectivity index (χ2v) is 7.82. The van der Waals surface area contributed by atoms with Gasteiger partial charge >= 0.3 is 6.03 Å². The summed E-state index contributed by atoms with van der Waals surface area (Å²) >= 11 is 0. The number of benzene rings is 2. The van der Waals surface area contributed by atoms with Crippen LogP contribution in [0.3, 0.4) is 0 Å². The Labute approximate surface area is 177 Å². The molecule has 0 aliphatic carbocycles. The van der Waals surface area contributed by atoms with Crippen LogP contribution in [-0.4, -0.2) is 29.3 Å². The minimum atomic E-state index is -0.230. The molecule has 1 saturated heterocycles. The van der Waals surface area contributed by atoms with Gasteiger partial charge in [-0.1, -0.05) is 49.4 Å². The average molecular weight is 402 g/mol. The zero-order valence-electron chi connectivity index (χ0n) is 17.2. The third-order valence-corrected chi connectivity index (χ3v) is 5.49. The summed E-state index contributed by atoms with van der Waals surface area (Å²) in [7, 11) is 0. The van der Waals surface area contributed by atoms with Gasteiger partial charge in [0, 0.05) is 30.9 Å². The predicted molar refractivity (Wildman–Crippen MR) is 120 cm³/mol. The van der Waals surface area contributed by atoms with Crippen LogP contribution in [0, 0.1) is 5.92 Å². The van der Waals surface area contributed by atoms with Gasteiger partial charge in [0.1, 0.15) is 0 Å². The Morgan fingerprint density at radius 1 is 0.967 bits per heavy atom. The van der Waals surface area contributed by atoms with Gasteiger partial charge in [-0.2, -0.15) is 0 Å². The number of piperidine rings is 1. The van der Waals surface area contributed by atoms with E-state index in [1.807, 2.05) is 66.7 Å². The number of rotatable bonds is 5. The normalized spacial score (nSPS) is 14.4. The molecule has 0 unspecified atom stereocenters. The van der Waals surface area contributed by atoms with Gasteiger partial charge in [-0.25, -0.2) is 4.79 Å². The van der Waals surface area contributed by atoms with Crippen molar-refractivity contribution >= 4 is 17.5 Å². The van der Waals surface area contributed by atoms with Crippen LogP contribution in [0.5, 0.6) is 0 Å². The maximum atomic E-state index is 12.1. The first kappa shape index (κ1) is 19.9. The predicted octanol–water partition coefficient (Wildman–Crippen LogP) is 4.70. The summed E-state index contributed by atoms with van der Waals surface area (Å²) in [5.74, 6) is 1.74. The second kappa shape index (κ2) is 9.39. The highest BCUT2D eigenvalue weighted by Crippen LogP contribution is 2.23. The standard InChI is InChI=1S/C24H27N5O/c1-18-13-15-29(16-14-18)23-12-11-22(27-28-23)20-7-9-21(10-8-20)26-24(30)25-17-19-5-3-2-4-6-19/h2-12,18H,13-17H2,1H3,(H2,25,26,30). The number of hydrogen-bond donors (Lipinski definition) is 2. The zero-order valence-corrected chi connectivity index (χ0v) is 17.2. The van der Waals surface area contributed by atoms with Crippen molar-refractivity contribution in [2.24, 2.45) is 5.92 Å². The monoisotopic (exact) mass is 401 g/mol. The smallest absolute Gasteiger partial charge is 0.319 e. The topological polar surface area (TPSA) is 70.2 Å². The van der Waals surface area contributed by atoms with Crippen molar-refractivity contribution in [1.29, 1.82) is 0 Å². The second-order valence-electron chi connectivity index (χ2n) is 7.82. The van der Waals surface area contributed by atoms with Crippen molar-refractivity contribution in [1.82, 2.24) is 15.5 Å². The molecule has 4 rings (SSSR count). The molecule has 2 heterocycles. The summed E-state index contributed by atoms with van der Waals surface area (Å²) in [5, 5.41) is 14.5. The Morgan fingerprint density at radius 3 is 2.37 bits per heavy atom. The minimum Gasteiger partial charge on any atom is -0.355 e. The fraction of sp³-hybridized carbons (Fsp3) is 0.292. The Morgan fingerprint density at radius 2 is 1.70 bits per heavy atom. The molecule has 6 nitrogen and oxygen atoms in total. The van der Waals surface area contributed by atoms with E-state index in [4.69, 9.17) is 0 Å². The minimum absolute atomic E-state index is 0.230. The lowest BCUT2D eigenvalue weighted by Crippen LogP contribution is -2.33. The molecule has 0 spiro atoms. The number of carbonyl (C=O) groups is 1. The molecular formula is C24H27N5O. The van der Waals surface area contributed by atoms with Crippen LogP contribution in [0.1, 0.15) is 25.3 Å². The van der Waals surface area contributed by atoms with E-state index in [-0.39, 0.29) is 6.03 Å². The molecule has 1 aromatic heterocycles. The van der Waals surface area contributed by atoms with Crippen LogP contribution in [0.15, 0.2) is 66.7 Å². The number of hydrogen-bond acceptors (Lipinski definition) is 4. The maximum absolute atomic E-state index is 12.1. The van der Waals surface area contributed by atoms with E-state index in [0.717, 1.165) is 47.3 Å². The molecule has 0 saturated carbocycles. The Kier molecular flexibility index (Phi) is 6.23. The summed E-state index contributed by atoms with van der Waals surface area (Å²) in [6.45, 7) is 4.88. The van der Waals surface area contributed by atoms with Gasteiger partial charge in [-0.3, -0.25) is 0 Å². The number of nitrogens with zero attached hydrogens (tertiary/aromatic N) is 3. The van der Waals surface area contributed by atoms with E-state index in [0.29, 0.717) is 6.54 Å². The number of nitrogens with one attached hydrogen (secondary N) is 2. The van der Waals surface area contributed by atoms with Crippen LogP contribution >= 0.6 is 0 Å². The van der Waals surface area contributed by atoms with Gasteiger partial charge in [0.05, 0.1) is 5.69 Å². The quantitative estimate of drug-likeness (QED) is 0.650. The third kappa shape index (κ3) is 5.14. The van der Waals surface area contributed by atoms with Crippen molar-refractivity contribution in [2.45, 2.75) is 26.3 Å². The van der Waals surface area contributed by atoms with Crippen LogP contribution in [0.25, 0.3) is 11.3 Å². The fourth-order valence-electron chi connectivity index (χ4n) is 3.56. The molecule has 2 aromatic carbocycles. The van der Waals surface area contributed by atoms with Crippen molar-refractivity contribution in [3.05, 3.63) is 72.3 Å². The number of urea groups is 1. The van der Waals surface area contributed by atoms with Gasteiger partial charge in [-0.15, -0.1) is 10.2 Å². The molecule has 154 valence electrons. The lowest BCUT2D eigenvalue weighted by molar-refractivity contribution is 0.251. The SMILES string of the molecule is CC1CCN(c2ccc(-c3ccc(NC(=O)NCc4ccccc4)cc3)nn2)CC1. The number of aromatic nitrogens is 2. The largest absolute Gasteiger partial charge is 0.355 e. The summed E-state index contributed by atoms with van der Waals surface area (Å²) in [5.41, 5.74) is 3.58. The molecule has 0 atom stereocenters. The molecule has 1 fully saturated rings. The molecular weight excluding hydrogens is 374 g/mol. The van der Waals surface area contributed by atoms with E-state index < -0.39 is 0 Å². The van der Waals surface area contributed by atoms with Gasteiger partial charge in [0.15, 0.2) is 5.82 Å². The summed E-state index contributed by atoms with van der Waals surface area (Å²) in [6.07, 6.45) is 2.41. The van der Waals surface area contributed by atoms with Crippen LogP contribution in [-0.2, 0) is 6.54 Å². The molecule has 30 heavy (non-hydrogen) atoms. The molecule has 0 radical (unpaired) electrons. The number of anilines is 2. The highest BCUT2D eigenvalue weighted by atomic mass is 16.2. The first-order valence-corrected chi connectivity index (χ1v) is 10.5. The number of carbonyl (C=O) groups excluding carboxylic acids is 1. The van der Waals surface area contributed by atoms with Gasteiger partial charge in [0.25, 0.3) is 0 Å². The van der Waals surface area contributed by atoms with Crippen molar-refractivity contribution in [3.63, 3.8) is 0 Å². The van der Waals surface area contributed by atoms with Gasteiger partial charge < -0.3 is 15.5 Å². The molecule has 6 heteroatoms. The van der Waals surface area contributed by atoms with E-state index >= 15 is 0 Å². The Bertz CT molecular complexity index is 949. The maximum Gasteiger partial charge on any atom is 0.319 e. The average Bonchev–Trinajstić information content (AvgIpc) is 2.80. The van der Waals surface area contributed by atoms with Crippen LogP contribution in [0.2, 0.25) is 0 Å². The molecule has 1 aliphatic heterocycles. The lowest BCUT2D eigenvalue weighted by atomic mass is 9.99. The molecule has 3 aromatic rings. The van der Waals surface area contributed by atoms with Crippen molar-refractivity contribution < 1.29 is 4.79 Å². The van der Waals surface area contributed by atoms with E-state index in [1.54, 1.807) is 0 Å². The Balaban J connectivity index is 1.32. The highest BCUT2D eigenvalue weighted by Gasteiger charge is 2.17. The summed E-state index contributed by atoms with van der Waals surface area (Å²) in [6, 6.07) is 21.3. The first-order chi connectivity index (χ1) is 14.7. The van der Waals surface area contributed by atoms with Crippen LogP contribution in [0.4, 0.5) is 16.3 Å². The summed E-state index contributed by atoms with van der Waals surface area (Å²) < 4.78 is 0. The number of amides is 2. The molecule has 2 amide bonds. The highest BCUT2D eigenvalue weighted by molar-refractivity contribution is 5.89.